The molecule has 1 fully saturated rings. The zero-order valence-electron chi connectivity index (χ0n) is 21.5. The van der Waals surface area contributed by atoms with E-state index in [1.54, 1.807) is 53.4 Å². The van der Waals surface area contributed by atoms with Crippen LogP contribution in [0.4, 0.5) is 5.69 Å². The van der Waals surface area contributed by atoms with Crippen LogP contribution in [0.2, 0.25) is 0 Å². The molecule has 3 aromatic rings. The molecule has 0 radical (unpaired) electrons. The highest BCUT2D eigenvalue weighted by atomic mass is 16.6. The van der Waals surface area contributed by atoms with Crippen LogP contribution >= 0.6 is 0 Å². The van der Waals surface area contributed by atoms with Crippen LogP contribution < -0.4 is 14.4 Å². The number of fused-ring (bicyclic) bond motifs is 1. The second-order valence-corrected chi connectivity index (χ2v) is 8.92. The molecule has 1 saturated heterocycles. The maximum absolute atomic E-state index is 13.0. The van der Waals surface area contributed by atoms with Gasteiger partial charge in [-0.1, -0.05) is 24.3 Å². The van der Waals surface area contributed by atoms with Gasteiger partial charge >= 0.3 is 5.97 Å². The first kappa shape index (κ1) is 26.3. The lowest BCUT2D eigenvalue weighted by atomic mass is 10.1. The Morgan fingerprint density at radius 1 is 0.925 bits per heavy atom. The maximum Gasteiger partial charge on any atom is 0.343 e. The maximum atomic E-state index is 13.0. The van der Waals surface area contributed by atoms with Crippen LogP contribution in [0.5, 0.6) is 11.5 Å². The van der Waals surface area contributed by atoms with Crippen molar-refractivity contribution in [1.82, 2.24) is 4.90 Å². The molecule has 0 aliphatic carbocycles. The summed E-state index contributed by atoms with van der Waals surface area (Å²) in [7, 11) is 1.40. The molecule has 0 unspecified atom stereocenters. The number of hydrogen-bond donors (Lipinski definition) is 0. The third-order valence-electron chi connectivity index (χ3n) is 6.48. The molecule has 0 N–H and O–H groups in total. The molecule has 10 heteroatoms. The van der Waals surface area contributed by atoms with E-state index in [0.29, 0.717) is 43.0 Å². The molecule has 0 spiro atoms. The summed E-state index contributed by atoms with van der Waals surface area (Å²) in [5.74, 6) is -1.76. The van der Waals surface area contributed by atoms with Crippen LogP contribution in [-0.4, -0.2) is 62.0 Å². The molecule has 40 heavy (non-hydrogen) atoms. The average molecular weight is 538 g/mol. The number of hydrogen-bond acceptors (Lipinski definition) is 8. The zero-order valence-corrected chi connectivity index (χ0v) is 21.5. The number of carbonyl (C=O) groups is 4. The van der Waals surface area contributed by atoms with Gasteiger partial charge in [0, 0.05) is 13.1 Å². The van der Waals surface area contributed by atoms with Crippen molar-refractivity contribution in [3.63, 3.8) is 0 Å². The molecule has 2 aliphatic heterocycles. The van der Waals surface area contributed by atoms with Gasteiger partial charge in [-0.2, -0.15) is 5.26 Å². The summed E-state index contributed by atoms with van der Waals surface area (Å²) >= 11 is 0. The molecule has 3 amide bonds. The van der Waals surface area contributed by atoms with Crippen LogP contribution in [-0.2, 0) is 9.53 Å². The Morgan fingerprint density at radius 3 is 2.27 bits per heavy atom. The minimum Gasteiger partial charge on any atom is -0.493 e. The SMILES string of the molecule is COc1cc(/C=C(\C#N)C(=O)N2CCOCC2)ccc1OC(=O)c1cccc(N2C(=O)c3ccccc3C2=O)c1. The molecule has 2 aliphatic rings. The zero-order chi connectivity index (χ0) is 28.2. The quantitative estimate of drug-likeness (QED) is 0.154. The van der Waals surface area contributed by atoms with E-state index in [-0.39, 0.29) is 28.3 Å². The Kier molecular flexibility index (Phi) is 7.39. The van der Waals surface area contributed by atoms with Crippen LogP contribution in [0.3, 0.4) is 0 Å². The Bertz CT molecular complexity index is 1560. The number of benzene rings is 3. The number of anilines is 1. The lowest BCUT2D eigenvalue weighted by Gasteiger charge is -2.26. The van der Waals surface area contributed by atoms with Crippen LogP contribution in [0.1, 0.15) is 36.6 Å². The molecule has 0 saturated carbocycles. The van der Waals surface area contributed by atoms with Crippen molar-refractivity contribution < 1.29 is 33.4 Å². The number of ether oxygens (including phenoxy) is 3. The molecule has 10 nitrogen and oxygen atoms in total. The van der Waals surface area contributed by atoms with Crippen molar-refractivity contribution in [2.24, 2.45) is 0 Å². The number of rotatable bonds is 6. The predicted octanol–water partition coefficient (Wildman–Crippen LogP) is 3.48. The molecule has 2 heterocycles. The highest BCUT2D eigenvalue weighted by Crippen LogP contribution is 2.32. The lowest BCUT2D eigenvalue weighted by Crippen LogP contribution is -2.41. The smallest absolute Gasteiger partial charge is 0.343 e. The molecular weight excluding hydrogens is 514 g/mol. The standard InChI is InChI=1S/C30H23N3O7/c1-38-26-16-19(15-21(18-31)27(34)32-11-13-39-14-12-32)9-10-25(26)40-30(37)20-5-4-6-22(17-20)33-28(35)23-7-2-3-8-24(23)29(33)36/h2-10,15-17H,11-14H2,1H3/b21-15+. The Morgan fingerprint density at radius 2 is 1.62 bits per heavy atom. The van der Waals surface area contributed by atoms with Crippen LogP contribution in [0, 0.1) is 11.3 Å². The fraction of sp³-hybridized carbons (Fsp3) is 0.167. The van der Waals surface area contributed by atoms with Crippen molar-refractivity contribution in [3.8, 4) is 17.6 Å². The first-order valence-electron chi connectivity index (χ1n) is 12.4. The number of carbonyl (C=O) groups excluding carboxylic acids is 4. The van der Waals surface area contributed by atoms with Crippen molar-refractivity contribution in [3.05, 3.63) is 94.6 Å². The number of esters is 1. The van der Waals surface area contributed by atoms with Gasteiger partial charge in [-0.3, -0.25) is 14.4 Å². The van der Waals surface area contributed by atoms with Gasteiger partial charge < -0.3 is 19.1 Å². The highest BCUT2D eigenvalue weighted by molar-refractivity contribution is 6.34. The first-order chi connectivity index (χ1) is 19.4. The van der Waals surface area contributed by atoms with Gasteiger partial charge in [0.2, 0.25) is 0 Å². The summed E-state index contributed by atoms with van der Waals surface area (Å²) in [5, 5.41) is 9.56. The second kappa shape index (κ2) is 11.2. The Labute approximate surface area is 229 Å². The monoisotopic (exact) mass is 537 g/mol. The summed E-state index contributed by atoms with van der Waals surface area (Å²) in [5.41, 5.74) is 1.40. The van der Waals surface area contributed by atoms with E-state index in [2.05, 4.69) is 0 Å². The van der Waals surface area contributed by atoms with Gasteiger partial charge in [0.15, 0.2) is 11.5 Å². The lowest BCUT2D eigenvalue weighted by molar-refractivity contribution is -0.130. The Balaban J connectivity index is 1.34. The topological polar surface area (TPSA) is 126 Å². The van der Waals surface area contributed by atoms with Crippen molar-refractivity contribution in [2.75, 3.05) is 38.3 Å². The summed E-state index contributed by atoms with van der Waals surface area (Å²) < 4.78 is 16.2. The third-order valence-corrected chi connectivity index (χ3v) is 6.48. The van der Waals surface area contributed by atoms with Crippen molar-refractivity contribution >= 4 is 35.5 Å². The minimum absolute atomic E-state index is 0.0429. The van der Waals surface area contributed by atoms with E-state index in [0.717, 1.165) is 4.90 Å². The molecule has 5 rings (SSSR count). The molecule has 200 valence electrons. The third kappa shape index (κ3) is 5.06. The van der Waals surface area contributed by atoms with Crippen LogP contribution in [0.25, 0.3) is 6.08 Å². The normalized spacial score (nSPS) is 14.9. The number of nitrogens with zero attached hydrogens (tertiary/aromatic N) is 3. The van der Waals surface area contributed by atoms with Gasteiger partial charge in [0.25, 0.3) is 17.7 Å². The predicted molar refractivity (Wildman–Crippen MR) is 143 cm³/mol. The van der Waals surface area contributed by atoms with Gasteiger partial charge in [0.1, 0.15) is 11.6 Å². The molecule has 3 aromatic carbocycles. The number of imide groups is 1. The van der Waals surface area contributed by atoms with Crippen molar-refractivity contribution in [2.45, 2.75) is 0 Å². The minimum atomic E-state index is -0.736. The molecule has 0 bridgehead atoms. The number of morpholine rings is 1. The van der Waals surface area contributed by atoms with Gasteiger partial charge in [0.05, 0.1) is 42.7 Å². The average Bonchev–Trinajstić information content (AvgIpc) is 3.26. The summed E-state index contributed by atoms with van der Waals surface area (Å²) in [4.78, 5) is 54.0. The summed E-state index contributed by atoms with van der Waals surface area (Å²) in [6.07, 6.45) is 1.44. The summed E-state index contributed by atoms with van der Waals surface area (Å²) in [6.45, 7) is 1.65. The van der Waals surface area contributed by atoms with Gasteiger partial charge in [-0.05, 0) is 54.1 Å². The van der Waals surface area contributed by atoms with Crippen molar-refractivity contribution in [1.29, 1.82) is 5.26 Å². The Hall–Kier alpha value is -5.27. The van der Waals surface area contributed by atoms with E-state index in [1.807, 2.05) is 6.07 Å². The highest BCUT2D eigenvalue weighted by Gasteiger charge is 2.36. The molecule has 0 atom stereocenters. The number of nitriles is 1. The van der Waals surface area contributed by atoms with Gasteiger partial charge in [-0.15, -0.1) is 0 Å². The number of amides is 3. The molecular formula is C30H23N3O7. The van der Waals surface area contributed by atoms with Crippen LogP contribution in [0.15, 0.2) is 72.3 Å². The van der Waals surface area contributed by atoms with E-state index in [9.17, 15) is 24.4 Å². The fourth-order valence-corrected chi connectivity index (χ4v) is 4.46. The van der Waals surface area contributed by atoms with Gasteiger partial charge in [-0.25, -0.2) is 9.69 Å². The van der Waals surface area contributed by atoms with E-state index in [4.69, 9.17) is 14.2 Å². The summed E-state index contributed by atoms with van der Waals surface area (Å²) in [6, 6.07) is 19.1. The van der Waals surface area contributed by atoms with E-state index >= 15 is 0 Å². The van der Waals surface area contributed by atoms with E-state index < -0.39 is 23.7 Å². The first-order valence-corrected chi connectivity index (χ1v) is 12.4. The fourth-order valence-electron chi connectivity index (χ4n) is 4.46. The molecule has 0 aromatic heterocycles. The van der Waals surface area contributed by atoms with E-state index in [1.165, 1.54) is 31.4 Å². The number of methoxy groups -OCH3 is 1. The second-order valence-electron chi connectivity index (χ2n) is 8.92. The largest absolute Gasteiger partial charge is 0.493 e.